The van der Waals surface area contributed by atoms with Gasteiger partial charge in [0.15, 0.2) is 5.76 Å². The van der Waals surface area contributed by atoms with Crippen LogP contribution in [0.1, 0.15) is 20.3 Å². The molecule has 0 saturated heterocycles. The summed E-state index contributed by atoms with van der Waals surface area (Å²) >= 11 is 7.20. The van der Waals surface area contributed by atoms with Gasteiger partial charge in [0.05, 0.1) is 29.8 Å². The molecule has 0 aliphatic heterocycles. The summed E-state index contributed by atoms with van der Waals surface area (Å²) in [4.78, 5) is 37.4. The first-order chi connectivity index (χ1) is 13.5. The lowest BCUT2D eigenvalue weighted by molar-refractivity contribution is -0.136. The summed E-state index contributed by atoms with van der Waals surface area (Å²) in [6.45, 7) is 0.117. The van der Waals surface area contributed by atoms with Crippen LogP contribution in [0.2, 0.25) is 5.02 Å². The molecule has 0 saturated carbocycles. The summed E-state index contributed by atoms with van der Waals surface area (Å²) in [5, 5.41) is 5.28. The quantitative estimate of drug-likeness (QED) is 0.471. The number of rotatable bonds is 6. The molecule has 0 bridgehead atoms. The summed E-state index contributed by atoms with van der Waals surface area (Å²) in [5.41, 5.74) is 0.369. The number of ketones is 1. The van der Waals surface area contributed by atoms with Gasteiger partial charge in [0, 0.05) is 10.6 Å². The Morgan fingerprint density at radius 3 is 2.64 bits per heavy atom. The van der Waals surface area contributed by atoms with E-state index in [-0.39, 0.29) is 18.1 Å². The van der Waals surface area contributed by atoms with Gasteiger partial charge in [0.25, 0.3) is 0 Å². The molecule has 0 aliphatic carbocycles. The Bertz CT molecular complexity index is 1010. The highest BCUT2D eigenvalue weighted by Crippen LogP contribution is 2.27. The summed E-state index contributed by atoms with van der Waals surface area (Å²) in [5.74, 6) is -1.16. The molecule has 0 radical (unpaired) electrons. The van der Waals surface area contributed by atoms with Crippen LogP contribution in [0.3, 0.4) is 0 Å². The van der Waals surface area contributed by atoms with Crippen molar-refractivity contribution in [3.8, 4) is 5.75 Å². The average molecular weight is 419 g/mol. The van der Waals surface area contributed by atoms with Crippen LogP contribution < -0.4 is 15.4 Å². The minimum atomic E-state index is -0.829. The molecule has 9 heteroatoms. The van der Waals surface area contributed by atoms with Crippen molar-refractivity contribution in [2.75, 3.05) is 12.4 Å². The molecule has 0 atom stereocenters. The molecule has 2 aromatic heterocycles. The first-order valence-electron chi connectivity index (χ1n) is 8.07. The summed E-state index contributed by atoms with van der Waals surface area (Å²) in [6, 6.07) is 11.2. The van der Waals surface area contributed by atoms with E-state index >= 15 is 0 Å². The van der Waals surface area contributed by atoms with E-state index in [1.807, 2.05) is 0 Å². The maximum atomic E-state index is 12.2. The number of benzene rings is 1. The first kappa shape index (κ1) is 19.7. The number of furan rings is 1. The smallest absolute Gasteiger partial charge is 0.313 e. The maximum absolute atomic E-state index is 12.2. The van der Waals surface area contributed by atoms with Gasteiger partial charge < -0.3 is 19.8 Å². The number of methoxy groups -OCH3 is 1. The molecule has 144 valence electrons. The Labute approximate surface area is 169 Å². The molecule has 0 spiro atoms. The van der Waals surface area contributed by atoms with E-state index in [0.29, 0.717) is 21.3 Å². The van der Waals surface area contributed by atoms with E-state index < -0.39 is 11.8 Å². The molecule has 2 heterocycles. The van der Waals surface area contributed by atoms with Crippen molar-refractivity contribution in [2.45, 2.75) is 6.54 Å². The number of carbonyl (C=O) groups is 3. The molecule has 7 nitrogen and oxygen atoms in total. The van der Waals surface area contributed by atoms with Gasteiger partial charge in [0.1, 0.15) is 5.75 Å². The Morgan fingerprint density at radius 1 is 1.14 bits per heavy atom. The number of carbonyl (C=O) groups excluding carboxylic acids is 3. The molecule has 28 heavy (non-hydrogen) atoms. The molecule has 0 unspecified atom stereocenters. The van der Waals surface area contributed by atoms with Gasteiger partial charge in [0.2, 0.25) is 5.78 Å². The summed E-state index contributed by atoms with van der Waals surface area (Å²) in [6.07, 6.45) is 1.43. The van der Waals surface area contributed by atoms with Gasteiger partial charge in [-0.05, 0) is 42.5 Å². The zero-order valence-electron chi connectivity index (χ0n) is 14.7. The van der Waals surface area contributed by atoms with E-state index in [0.717, 1.165) is 4.88 Å². The van der Waals surface area contributed by atoms with Crippen LogP contribution >= 0.6 is 22.9 Å². The largest absolute Gasteiger partial charge is 0.495 e. The van der Waals surface area contributed by atoms with Crippen molar-refractivity contribution in [1.82, 2.24) is 5.32 Å². The minimum Gasteiger partial charge on any atom is -0.495 e. The fourth-order valence-corrected chi connectivity index (χ4v) is 3.45. The van der Waals surface area contributed by atoms with E-state index in [4.69, 9.17) is 20.8 Å². The molecule has 0 aliphatic rings. The number of halogens is 1. The molecule has 2 amide bonds. The average Bonchev–Trinajstić information content (AvgIpc) is 3.37. The number of ether oxygens (including phenoxy) is 1. The number of hydrogen-bond donors (Lipinski definition) is 2. The van der Waals surface area contributed by atoms with E-state index in [9.17, 15) is 14.4 Å². The van der Waals surface area contributed by atoms with Gasteiger partial charge in [-0.3, -0.25) is 14.4 Å². The lowest BCUT2D eigenvalue weighted by Gasteiger charge is -2.08. The van der Waals surface area contributed by atoms with Crippen molar-refractivity contribution in [1.29, 1.82) is 0 Å². The molecule has 1 aromatic carbocycles. The predicted molar refractivity (Wildman–Crippen MR) is 105 cm³/mol. The van der Waals surface area contributed by atoms with Gasteiger partial charge in [-0.15, -0.1) is 11.3 Å². The molecule has 0 fully saturated rings. The fraction of sp³-hybridized carbons (Fsp3) is 0.105. The minimum absolute atomic E-state index is 0.117. The maximum Gasteiger partial charge on any atom is 0.313 e. The zero-order chi connectivity index (χ0) is 20.1. The Morgan fingerprint density at radius 2 is 1.96 bits per heavy atom. The fourth-order valence-electron chi connectivity index (χ4n) is 2.30. The summed E-state index contributed by atoms with van der Waals surface area (Å²) < 4.78 is 10.1. The van der Waals surface area contributed by atoms with Gasteiger partial charge in [-0.2, -0.15) is 0 Å². The van der Waals surface area contributed by atoms with Crippen LogP contribution in [0, 0.1) is 0 Å². The lowest BCUT2D eigenvalue weighted by Crippen LogP contribution is -2.34. The van der Waals surface area contributed by atoms with Gasteiger partial charge in [-0.1, -0.05) is 11.6 Å². The number of hydrogen-bond acceptors (Lipinski definition) is 6. The lowest BCUT2D eigenvalue weighted by atomic mass is 10.2. The number of amides is 2. The van der Waals surface area contributed by atoms with Gasteiger partial charge >= 0.3 is 11.8 Å². The normalized spacial score (nSPS) is 10.4. The number of nitrogens with one attached hydrogen (secondary N) is 2. The summed E-state index contributed by atoms with van der Waals surface area (Å²) in [7, 11) is 1.48. The Kier molecular flexibility index (Phi) is 6.13. The van der Waals surface area contributed by atoms with Crippen molar-refractivity contribution in [3.63, 3.8) is 0 Å². The second kappa shape index (κ2) is 8.73. The number of thiophene rings is 1. The highest BCUT2D eigenvalue weighted by Gasteiger charge is 2.17. The van der Waals surface area contributed by atoms with Crippen molar-refractivity contribution in [2.24, 2.45) is 0 Å². The molecular weight excluding hydrogens is 404 g/mol. The third-order valence-electron chi connectivity index (χ3n) is 3.67. The molecule has 3 aromatic rings. The van der Waals surface area contributed by atoms with Crippen LogP contribution in [0.5, 0.6) is 5.75 Å². The third kappa shape index (κ3) is 4.59. The van der Waals surface area contributed by atoms with Crippen molar-refractivity contribution in [3.05, 3.63) is 69.3 Å². The first-order valence-corrected chi connectivity index (χ1v) is 9.27. The third-order valence-corrected chi connectivity index (χ3v) is 5.05. The second-order valence-electron chi connectivity index (χ2n) is 5.56. The van der Waals surface area contributed by atoms with E-state index in [2.05, 4.69) is 10.6 Å². The van der Waals surface area contributed by atoms with Crippen LogP contribution in [-0.2, 0) is 16.1 Å². The predicted octanol–water partition coefficient (Wildman–Crippen LogP) is 3.49. The zero-order valence-corrected chi connectivity index (χ0v) is 16.2. The van der Waals surface area contributed by atoms with Gasteiger partial charge in [-0.25, -0.2) is 0 Å². The number of anilines is 1. The monoisotopic (exact) mass is 418 g/mol. The second-order valence-corrected chi connectivity index (χ2v) is 7.13. The Balaban J connectivity index is 1.54. The van der Waals surface area contributed by atoms with E-state index in [1.165, 1.54) is 30.8 Å². The topological polar surface area (TPSA) is 97.6 Å². The van der Waals surface area contributed by atoms with Crippen LogP contribution in [0.15, 0.2) is 53.1 Å². The van der Waals surface area contributed by atoms with Crippen LogP contribution in [0.4, 0.5) is 5.69 Å². The van der Waals surface area contributed by atoms with Crippen LogP contribution in [-0.4, -0.2) is 24.7 Å². The van der Waals surface area contributed by atoms with E-state index in [1.54, 1.807) is 36.4 Å². The van der Waals surface area contributed by atoms with Crippen molar-refractivity contribution < 1.29 is 23.5 Å². The SMILES string of the molecule is COc1ccc(NC(=O)C(=O)NCc2ccc(C(=O)c3ccco3)s2)cc1Cl. The molecular formula is C19H15ClN2O5S. The van der Waals surface area contributed by atoms with Crippen molar-refractivity contribution >= 4 is 46.2 Å². The highest BCUT2D eigenvalue weighted by molar-refractivity contribution is 7.14. The molecule has 2 N–H and O–H groups in total. The Hall–Kier alpha value is -3.10. The highest BCUT2D eigenvalue weighted by atomic mass is 35.5. The molecule has 3 rings (SSSR count). The van der Waals surface area contributed by atoms with Crippen LogP contribution in [0.25, 0.3) is 0 Å². The standard InChI is InChI=1S/C19H15ClN2O5S/c1-26-14-6-4-11(9-13(14)20)22-19(25)18(24)21-10-12-5-7-16(28-12)17(23)15-3-2-8-27-15/h2-9H,10H2,1H3,(H,21,24)(H,22,25).